The Bertz CT molecular complexity index is 730. The van der Waals surface area contributed by atoms with E-state index in [2.05, 4.69) is 23.1 Å². The van der Waals surface area contributed by atoms with Gasteiger partial charge in [-0.25, -0.2) is 4.39 Å². The molecule has 0 unspecified atom stereocenters. The molecule has 1 aliphatic carbocycles. The molecule has 0 amide bonds. The van der Waals surface area contributed by atoms with E-state index in [-0.39, 0.29) is 5.82 Å². The first-order chi connectivity index (χ1) is 11.7. The lowest BCUT2D eigenvalue weighted by molar-refractivity contribution is 0.324. The predicted octanol–water partition coefficient (Wildman–Crippen LogP) is 4.04. The van der Waals surface area contributed by atoms with Crippen LogP contribution >= 0.6 is 0 Å². The molecule has 24 heavy (non-hydrogen) atoms. The Morgan fingerprint density at radius 3 is 2.88 bits per heavy atom. The van der Waals surface area contributed by atoms with Gasteiger partial charge in [0.25, 0.3) is 0 Å². The zero-order valence-electron chi connectivity index (χ0n) is 14.2. The Balaban J connectivity index is 1.45. The zero-order valence-corrected chi connectivity index (χ0v) is 14.2. The number of hydrogen-bond acceptors (Lipinski definition) is 2. The summed E-state index contributed by atoms with van der Waals surface area (Å²) in [6.45, 7) is 3.28. The average molecular weight is 325 g/mol. The van der Waals surface area contributed by atoms with Gasteiger partial charge in [-0.05, 0) is 60.1 Å². The van der Waals surface area contributed by atoms with Crippen molar-refractivity contribution >= 4 is 0 Å². The van der Waals surface area contributed by atoms with Gasteiger partial charge >= 0.3 is 0 Å². The molecule has 1 saturated heterocycles. The second kappa shape index (κ2) is 6.56. The van der Waals surface area contributed by atoms with E-state index in [4.69, 9.17) is 4.74 Å². The van der Waals surface area contributed by atoms with Gasteiger partial charge in [0.1, 0.15) is 11.6 Å². The summed E-state index contributed by atoms with van der Waals surface area (Å²) >= 11 is 0. The molecule has 1 heterocycles. The number of hydrogen-bond donors (Lipinski definition) is 0. The third-order valence-corrected chi connectivity index (χ3v) is 5.68. The standard InChI is InChI=1S/C21H24FNO/c1-24-21-7-3-6-18-19(21)9-8-16-13-23(14-20(16)18)11-10-15-4-2-5-17(22)12-15/h2-7,12,16,20H,8-11,13-14H2,1H3/t16-,20+/m0/s1. The molecule has 2 atom stereocenters. The highest BCUT2D eigenvalue weighted by molar-refractivity contribution is 5.44. The fraction of sp³-hybridized carbons (Fsp3) is 0.429. The Morgan fingerprint density at radius 2 is 2.04 bits per heavy atom. The van der Waals surface area contributed by atoms with Crippen LogP contribution in [0.4, 0.5) is 4.39 Å². The zero-order chi connectivity index (χ0) is 16.5. The van der Waals surface area contributed by atoms with Crippen LogP contribution in [0.5, 0.6) is 5.75 Å². The summed E-state index contributed by atoms with van der Waals surface area (Å²) in [6.07, 6.45) is 3.29. The Hall–Kier alpha value is -1.87. The maximum absolute atomic E-state index is 13.3. The second-order valence-corrected chi connectivity index (χ2v) is 7.07. The van der Waals surface area contributed by atoms with E-state index >= 15 is 0 Å². The molecule has 0 bridgehead atoms. The van der Waals surface area contributed by atoms with Crippen molar-refractivity contribution in [3.8, 4) is 5.75 Å². The second-order valence-electron chi connectivity index (χ2n) is 7.07. The van der Waals surface area contributed by atoms with Crippen molar-refractivity contribution in [2.24, 2.45) is 5.92 Å². The quantitative estimate of drug-likeness (QED) is 0.841. The minimum atomic E-state index is -0.136. The lowest BCUT2D eigenvalue weighted by Gasteiger charge is -2.28. The van der Waals surface area contributed by atoms with Crippen LogP contribution in [-0.2, 0) is 12.8 Å². The maximum Gasteiger partial charge on any atom is 0.123 e. The molecule has 0 spiro atoms. The van der Waals surface area contributed by atoms with E-state index in [1.54, 1.807) is 19.2 Å². The van der Waals surface area contributed by atoms with Gasteiger partial charge < -0.3 is 9.64 Å². The molecule has 2 aliphatic rings. The van der Waals surface area contributed by atoms with Crippen molar-refractivity contribution in [3.63, 3.8) is 0 Å². The molecule has 0 radical (unpaired) electrons. The van der Waals surface area contributed by atoms with Crippen molar-refractivity contribution < 1.29 is 9.13 Å². The van der Waals surface area contributed by atoms with Gasteiger partial charge in [0, 0.05) is 25.6 Å². The Labute approximate surface area is 143 Å². The van der Waals surface area contributed by atoms with Crippen LogP contribution in [0.2, 0.25) is 0 Å². The Kier molecular flexibility index (Phi) is 4.28. The van der Waals surface area contributed by atoms with Crippen LogP contribution in [-0.4, -0.2) is 31.6 Å². The molecule has 126 valence electrons. The van der Waals surface area contributed by atoms with Crippen LogP contribution < -0.4 is 4.74 Å². The monoisotopic (exact) mass is 325 g/mol. The number of fused-ring (bicyclic) bond motifs is 3. The SMILES string of the molecule is COc1cccc2c1CC[C@H]1CN(CCc3cccc(F)c3)C[C@@H]21. The minimum Gasteiger partial charge on any atom is -0.496 e. The average Bonchev–Trinajstić information content (AvgIpc) is 3.03. The van der Waals surface area contributed by atoms with E-state index in [9.17, 15) is 4.39 Å². The number of likely N-dealkylation sites (tertiary alicyclic amines) is 1. The molecule has 0 aromatic heterocycles. The van der Waals surface area contributed by atoms with Gasteiger partial charge in [-0.15, -0.1) is 0 Å². The van der Waals surface area contributed by atoms with Gasteiger partial charge in [-0.1, -0.05) is 24.3 Å². The largest absolute Gasteiger partial charge is 0.496 e. The van der Waals surface area contributed by atoms with Crippen LogP contribution in [0, 0.1) is 11.7 Å². The van der Waals surface area contributed by atoms with Crippen molar-refractivity contribution in [1.82, 2.24) is 4.90 Å². The molecule has 0 saturated carbocycles. The van der Waals surface area contributed by atoms with Gasteiger partial charge in [-0.3, -0.25) is 0 Å². The lowest BCUT2D eigenvalue weighted by Crippen LogP contribution is -2.23. The summed E-state index contributed by atoms with van der Waals surface area (Å²) in [6, 6.07) is 13.5. The Morgan fingerprint density at radius 1 is 1.17 bits per heavy atom. The third kappa shape index (κ3) is 2.93. The van der Waals surface area contributed by atoms with E-state index in [1.807, 2.05) is 6.07 Å². The van der Waals surface area contributed by atoms with Crippen molar-refractivity contribution in [2.45, 2.75) is 25.2 Å². The molecule has 4 rings (SSSR count). The molecule has 1 aliphatic heterocycles. The lowest BCUT2D eigenvalue weighted by atomic mass is 9.77. The molecular formula is C21H24FNO. The van der Waals surface area contributed by atoms with E-state index in [0.717, 1.165) is 49.7 Å². The molecule has 1 fully saturated rings. The first kappa shape index (κ1) is 15.6. The van der Waals surface area contributed by atoms with Crippen LogP contribution in [0.1, 0.15) is 29.0 Å². The molecule has 2 aromatic rings. The summed E-state index contributed by atoms with van der Waals surface area (Å²) in [4.78, 5) is 2.55. The molecular weight excluding hydrogens is 301 g/mol. The van der Waals surface area contributed by atoms with Gasteiger partial charge in [-0.2, -0.15) is 0 Å². The van der Waals surface area contributed by atoms with E-state index in [0.29, 0.717) is 5.92 Å². The highest BCUT2D eigenvalue weighted by Gasteiger charge is 2.37. The number of nitrogens with zero attached hydrogens (tertiary/aromatic N) is 1. The van der Waals surface area contributed by atoms with Gasteiger partial charge in [0.05, 0.1) is 7.11 Å². The summed E-state index contributed by atoms with van der Waals surface area (Å²) in [5.74, 6) is 2.28. The van der Waals surface area contributed by atoms with E-state index in [1.165, 1.54) is 23.6 Å². The van der Waals surface area contributed by atoms with E-state index < -0.39 is 0 Å². The molecule has 2 aromatic carbocycles. The summed E-state index contributed by atoms with van der Waals surface area (Å²) in [5.41, 5.74) is 3.99. The maximum atomic E-state index is 13.3. The number of benzene rings is 2. The summed E-state index contributed by atoms with van der Waals surface area (Å²) in [5, 5.41) is 0. The van der Waals surface area contributed by atoms with Crippen molar-refractivity contribution in [2.75, 3.05) is 26.7 Å². The minimum absolute atomic E-state index is 0.136. The molecule has 3 heteroatoms. The van der Waals surface area contributed by atoms with Crippen LogP contribution in [0.25, 0.3) is 0 Å². The smallest absolute Gasteiger partial charge is 0.123 e. The van der Waals surface area contributed by atoms with Crippen molar-refractivity contribution in [3.05, 3.63) is 65.0 Å². The molecule has 0 N–H and O–H groups in total. The van der Waals surface area contributed by atoms with Crippen LogP contribution in [0.3, 0.4) is 0 Å². The van der Waals surface area contributed by atoms with Crippen molar-refractivity contribution in [1.29, 1.82) is 0 Å². The highest BCUT2D eigenvalue weighted by Crippen LogP contribution is 2.43. The third-order valence-electron chi connectivity index (χ3n) is 5.68. The summed E-state index contributed by atoms with van der Waals surface area (Å²) in [7, 11) is 1.77. The fourth-order valence-corrected chi connectivity index (χ4v) is 4.49. The number of halogens is 1. The fourth-order valence-electron chi connectivity index (χ4n) is 4.49. The number of methoxy groups -OCH3 is 1. The predicted molar refractivity (Wildman–Crippen MR) is 94.1 cm³/mol. The normalized spacial score (nSPS) is 22.9. The van der Waals surface area contributed by atoms with Crippen LogP contribution in [0.15, 0.2) is 42.5 Å². The van der Waals surface area contributed by atoms with Gasteiger partial charge in [0.15, 0.2) is 0 Å². The number of rotatable bonds is 4. The number of ether oxygens (including phenoxy) is 1. The first-order valence-electron chi connectivity index (χ1n) is 8.87. The molecule has 2 nitrogen and oxygen atoms in total. The topological polar surface area (TPSA) is 12.5 Å². The highest BCUT2D eigenvalue weighted by atomic mass is 19.1. The first-order valence-corrected chi connectivity index (χ1v) is 8.87. The van der Waals surface area contributed by atoms with Gasteiger partial charge in [0.2, 0.25) is 0 Å². The summed E-state index contributed by atoms with van der Waals surface area (Å²) < 4.78 is 18.9.